The van der Waals surface area contributed by atoms with Crippen molar-refractivity contribution < 1.29 is 4.42 Å². The van der Waals surface area contributed by atoms with Gasteiger partial charge in [-0.05, 0) is 70.6 Å². The van der Waals surface area contributed by atoms with E-state index in [4.69, 9.17) is 4.42 Å². The molecule has 10 rings (SSSR count). The lowest BCUT2D eigenvalue weighted by Crippen LogP contribution is -2.09. The summed E-state index contributed by atoms with van der Waals surface area (Å²) in [5.41, 5.74) is 10.0. The summed E-state index contributed by atoms with van der Waals surface area (Å²) < 4.78 is 9.40. The molecular weight excluding hydrogens is 615 g/mol. The molecule has 0 aliphatic carbocycles. The second kappa shape index (κ2) is 11.2. The molecule has 0 fully saturated rings. The molecule has 0 saturated carbocycles. The van der Waals surface area contributed by atoms with Crippen LogP contribution in [0.2, 0.25) is 0 Å². The molecule has 2 heterocycles. The van der Waals surface area contributed by atoms with Crippen molar-refractivity contribution >= 4 is 81.3 Å². The first-order valence-corrected chi connectivity index (χ1v) is 17.4. The van der Waals surface area contributed by atoms with E-state index in [1.54, 1.807) is 0 Å². The van der Waals surface area contributed by atoms with Crippen LogP contribution in [-0.2, 0) is 0 Å². The van der Waals surface area contributed by atoms with Gasteiger partial charge >= 0.3 is 0 Å². The lowest BCUT2D eigenvalue weighted by molar-refractivity contribution is 0.672. The van der Waals surface area contributed by atoms with Gasteiger partial charge in [0.2, 0.25) is 0 Å². The largest absolute Gasteiger partial charge is 0.455 e. The molecule has 0 aliphatic rings. The zero-order valence-electron chi connectivity index (χ0n) is 26.5. The summed E-state index contributed by atoms with van der Waals surface area (Å²) in [5, 5.41) is 7.12. The molecular formula is C46H29NOS. The van der Waals surface area contributed by atoms with E-state index in [0.717, 1.165) is 44.4 Å². The van der Waals surface area contributed by atoms with Crippen LogP contribution in [0.1, 0.15) is 0 Å². The molecule has 0 N–H and O–H groups in total. The van der Waals surface area contributed by atoms with Crippen LogP contribution >= 0.6 is 11.3 Å². The molecule has 2 aromatic heterocycles. The van der Waals surface area contributed by atoms with E-state index in [9.17, 15) is 0 Å². The highest BCUT2D eigenvalue weighted by Crippen LogP contribution is 2.49. The van der Waals surface area contributed by atoms with E-state index in [1.165, 1.54) is 47.8 Å². The normalized spacial score (nSPS) is 11.7. The maximum Gasteiger partial charge on any atom is 0.143 e. The summed E-state index contributed by atoms with van der Waals surface area (Å²) in [5.74, 6) is 0. The van der Waals surface area contributed by atoms with Crippen molar-refractivity contribution in [2.24, 2.45) is 0 Å². The summed E-state index contributed by atoms with van der Waals surface area (Å²) in [6.45, 7) is 0. The number of nitrogens with zero attached hydrogens (tertiary/aromatic N) is 1. The van der Waals surface area contributed by atoms with Gasteiger partial charge in [0, 0.05) is 47.9 Å². The molecule has 0 unspecified atom stereocenters. The lowest BCUT2D eigenvalue weighted by atomic mass is 9.91. The summed E-state index contributed by atoms with van der Waals surface area (Å²) in [7, 11) is 0. The Kier molecular flexibility index (Phi) is 6.39. The number of hydrogen-bond acceptors (Lipinski definition) is 3. The number of rotatable bonds is 5. The molecule has 0 aliphatic heterocycles. The van der Waals surface area contributed by atoms with Gasteiger partial charge in [-0.1, -0.05) is 127 Å². The van der Waals surface area contributed by atoms with Gasteiger partial charge < -0.3 is 9.32 Å². The molecule has 0 spiro atoms. The number of para-hydroxylation sites is 2. The molecule has 3 heteroatoms. The second-order valence-corrected chi connectivity index (χ2v) is 13.5. The number of hydrogen-bond donors (Lipinski definition) is 0. The summed E-state index contributed by atoms with van der Waals surface area (Å²) in [6.07, 6.45) is 0. The Hall–Kier alpha value is -6.16. The maximum absolute atomic E-state index is 6.81. The lowest BCUT2D eigenvalue weighted by Gasteiger charge is -2.26. The zero-order chi connectivity index (χ0) is 32.3. The average molecular weight is 644 g/mol. The fourth-order valence-corrected chi connectivity index (χ4v) is 8.78. The van der Waals surface area contributed by atoms with Crippen LogP contribution in [0.4, 0.5) is 17.1 Å². The highest BCUT2D eigenvalue weighted by molar-refractivity contribution is 7.26. The van der Waals surface area contributed by atoms with E-state index in [-0.39, 0.29) is 0 Å². The van der Waals surface area contributed by atoms with Gasteiger partial charge in [0.15, 0.2) is 0 Å². The molecule has 10 aromatic rings. The first-order valence-electron chi connectivity index (χ1n) is 16.6. The van der Waals surface area contributed by atoms with Crippen molar-refractivity contribution in [3.05, 3.63) is 176 Å². The first kappa shape index (κ1) is 27.9. The minimum Gasteiger partial charge on any atom is -0.455 e. The number of benzene rings is 8. The molecule has 0 radical (unpaired) electrons. The van der Waals surface area contributed by atoms with Crippen LogP contribution in [-0.4, -0.2) is 0 Å². The van der Waals surface area contributed by atoms with Crippen molar-refractivity contribution in [1.29, 1.82) is 0 Å². The topological polar surface area (TPSA) is 16.4 Å². The molecule has 0 atom stereocenters. The van der Waals surface area contributed by atoms with Gasteiger partial charge in [-0.2, -0.15) is 0 Å². The van der Waals surface area contributed by atoms with Gasteiger partial charge in [-0.15, -0.1) is 11.3 Å². The number of furan rings is 1. The van der Waals surface area contributed by atoms with Crippen LogP contribution in [0.15, 0.2) is 180 Å². The van der Waals surface area contributed by atoms with Crippen LogP contribution in [0, 0.1) is 0 Å². The fraction of sp³-hybridized carbons (Fsp3) is 0. The molecule has 49 heavy (non-hydrogen) atoms. The Morgan fingerprint density at radius 1 is 0.429 bits per heavy atom. The van der Waals surface area contributed by atoms with Crippen LogP contribution in [0.25, 0.3) is 75.1 Å². The first-order chi connectivity index (χ1) is 24.3. The highest BCUT2D eigenvalue weighted by Gasteiger charge is 2.23. The summed E-state index contributed by atoms with van der Waals surface area (Å²) in [4.78, 5) is 2.34. The quantitative estimate of drug-likeness (QED) is 0.186. The molecule has 2 nitrogen and oxygen atoms in total. The Morgan fingerprint density at radius 3 is 1.78 bits per heavy atom. The van der Waals surface area contributed by atoms with Crippen molar-refractivity contribution in [2.75, 3.05) is 4.90 Å². The molecule has 8 aromatic carbocycles. The third-order valence-electron chi connectivity index (χ3n) is 9.65. The van der Waals surface area contributed by atoms with Crippen LogP contribution < -0.4 is 4.90 Å². The monoisotopic (exact) mass is 643 g/mol. The Bertz CT molecular complexity index is 2780. The summed E-state index contributed by atoms with van der Waals surface area (Å²) >= 11 is 1.88. The van der Waals surface area contributed by atoms with Crippen LogP contribution in [0.5, 0.6) is 0 Å². The molecule has 230 valence electrons. The fourth-order valence-electron chi connectivity index (χ4n) is 7.52. The molecule has 0 amide bonds. The number of anilines is 3. The van der Waals surface area contributed by atoms with E-state index in [2.05, 4.69) is 181 Å². The van der Waals surface area contributed by atoms with Gasteiger partial charge in [0.1, 0.15) is 11.2 Å². The smallest absolute Gasteiger partial charge is 0.143 e. The zero-order valence-corrected chi connectivity index (χ0v) is 27.3. The Morgan fingerprint density at radius 2 is 1.04 bits per heavy atom. The van der Waals surface area contributed by atoms with Crippen molar-refractivity contribution in [1.82, 2.24) is 0 Å². The van der Waals surface area contributed by atoms with E-state index in [0.29, 0.717) is 0 Å². The predicted molar refractivity (Wildman–Crippen MR) is 210 cm³/mol. The third kappa shape index (κ3) is 4.40. The van der Waals surface area contributed by atoms with Gasteiger partial charge in [0.25, 0.3) is 0 Å². The molecule has 0 bridgehead atoms. The number of fused-ring (bicyclic) bond motifs is 8. The van der Waals surface area contributed by atoms with Gasteiger partial charge in [-0.25, -0.2) is 0 Å². The number of thiophene rings is 1. The predicted octanol–water partition coefficient (Wildman–Crippen LogP) is 13.9. The third-order valence-corrected chi connectivity index (χ3v) is 10.9. The van der Waals surface area contributed by atoms with Crippen molar-refractivity contribution in [2.45, 2.75) is 0 Å². The minimum absolute atomic E-state index is 0.873. The highest BCUT2D eigenvalue weighted by atomic mass is 32.1. The van der Waals surface area contributed by atoms with E-state index in [1.807, 2.05) is 11.3 Å². The average Bonchev–Trinajstić information content (AvgIpc) is 3.75. The van der Waals surface area contributed by atoms with Crippen molar-refractivity contribution in [3.63, 3.8) is 0 Å². The Balaban J connectivity index is 1.31. The second-order valence-electron chi connectivity index (χ2n) is 12.4. The maximum atomic E-state index is 6.81. The standard InChI is InChI=1S/C46H29NOS/c1-4-15-30(16-5-1)33-27-28-36(46-43(33)37-23-12-13-26-42(37)49-46)38-29-39-44-40(47(31-17-6-2-7-18-31)32-19-8-3-9-20-32)24-14-25-41(44)48-45(39)35-22-11-10-21-34(35)38/h1-29H. The minimum atomic E-state index is 0.873. The van der Waals surface area contributed by atoms with Crippen LogP contribution in [0.3, 0.4) is 0 Å². The Labute approximate surface area is 287 Å². The SMILES string of the molecule is c1ccc(-c2ccc(-c3cc4c(oc5cccc(N(c6ccccc6)c6ccccc6)c54)c4ccccc34)c3sc4ccccc4c23)cc1. The summed E-state index contributed by atoms with van der Waals surface area (Å²) in [6, 6.07) is 62.9. The van der Waals surface area contributed by atoms with Gasteiger partial charge in [-0.3, -0.25) is 0 Å². The van der Waals surface area contributed by atoms with E-state index < -0.39 is 0 Å². The van der Waals surface area contributed by atoms with Crippen molar-refractivity contribution in [3.8, 4) is 22.3 Å². The van der Waals surface area contributed by atoms with E-state index >= 15 is 0 Å². The molecule has 0 saturated heterocycles. The van der Waals surface area contributed by atoms with Gasteiger partial charge in [0.05, 0.1) is 11.1 Å².